The molecule has 72 valence electrons. The highest BCUT2D eigenvalue weighted by atomic mass is 35.5. The Bertz CT molecular complexity index is 428. The van der Waals surface area contributed by atoms with Gasteiger partial charge < -0.3 is 4.57 Å². The lowest BCUT2D eigenvalue weighted by Gasteiger charge is -2.07. The van der Waals surface area contributed by atoms with Crippen molar-refractivity contribution in [1.82, 2.24) is 14.5 Å². The first-order valence-electron chi connectivity index (χ1n) is 4.01. The Morgan fingerprint density at radius 2 is 1.57 bits per heavy atom. The zero-order chi connectivity index (χ0) is 10.1. The van der Waals surface area contributed by atoms with Crippen LogP contribution >= 0.6 is 23.2 Å². The molecule has 2 aromatic rings. The van der Waals surface area contributed by atoms with Gasteiger partial charge in [0.2, 0.25) is 0 Å². The van der Waals surface area contributed by atoms with Crippen molar-refractivity contribution in [1.29, 1.82) is 0 Å². The molecule has 0 saturated heterocycles. The molecule has 0 spiro atoms. The highest BCUT2D eigenvalue weighted by molar-refractivity contribution is 6.36. The normalized spacial score (nSPS) is 10.5. The van der Waals surface area contributed by atoms with E-state index in [1.54, 1.807) is 11.5 Å². The van der Waals surface area contributed by atoms with E-state index < -0.39 is 0 Å². The van der Waals surface area contributed by atoms with E-state index in [0.29, 0.717) is 21.8 Å². The molecule has 0 amide bonds. The molecule has 0 N–H and O–H groups in total. The van der Waals surface area contributed by atoms with Crippen LogP contribution in [0.1, 0.15) is 5.82 Å². The lowest BCUT2D eigenvalue weighted by atomic mass is 10.5. The van der Waals surface area contributed by atoms with E-state index in [1.807, 2.05) is 24.5 Å². The van der Waals surface area contributed by atoms with Crippen LogP contribution in [0, 0.1) is 6.92 Å². The largest absolute Gasteiger partial charge is 0.319 e. The van der Waals surface area contributed by atoms with Crippen LogP contribution < -0.4 is 0 Å². The fraction of sp³-hybridized carbons (Fsp3) is 0.111. The minimum absolute atomic E-state index is 0.360. The van der Waals surface area contributed by atoms with Gasteiger partial charge in [0.25, 0.3) is 0 Å². The summed E-state index contributed by atoms with van der Waals surface area (Å²) in [6.45, 7) is 1.75. The van der Waals surface area contributed by atoms with E-state index in [4.69, 9.17) is 23.2 Å². The zero-order valence-electron chi connectivity index (χ0n) is 7.41. The molecule has 0 aromatic carbocycles. The molecule has 0 aliphatic rings. The third-order valence-electron chi connectivity index (χ3n) is 1.77. The maximum absolute atomic E-state index is 5.97. The summed E-state index contributed by atoms with van der Waals surface area (Å²) in [5.74, 6) is 0.566. The molecule has 0 aliphatic heterocycles. The van der Waals surface area contributed by atoms with Crippen molar-refractivity contribution < 1.29 is 0 Å². The first kappa shape index (κ1) is 9.49. The van der Waals surface area contributed by atoms with E-state index in [-0.39, 0.29) is 0 Å². The van der Waals surface area contributed by atoms with Crippen molar-refractivity contribution in [3.63, 3.8) is 0 Å². The number of aryl methyl sites for hydroxylation is 1. The highest BCUT2D eigenvalue weighted by Crippen LogP contribution is 2.25. The summed E-state index contributed by atoms with van der Waals surface area (Å²) in [7, 11) is 0. The number of aromatic nitrogens is 3. The van der Waals surface area contributed by atoms with Gasteiger partial charge in [0.15, 0.2) is 10.3 Å². The van der Waals surface area contributed by atoms with Gasteiger partial charge in [0, 0.05) is 12.4 Å². The number of rotatable bonds is 1. The predicted molar refractivity (Wildman–Crippen MR) is 56.1 cm³/mol. The molecule has 2 heterocycles. The molecule has 0 fully saturated rings. The summed E-state index contributed by atoms with van der Waals surface area (Å²) >= 11 is 11.9. The van der Waals surface area contributed by atoms with Crippen molar-refractivity contribution in [2.24, 2.45) is 0 Å². The van der Waals surface area contributed by atoms with Crippen LogP contribution in [0.25, 0.3) is 5.69 Å². The molecule has 2 aromatic heterocycles. The third-order valence-corrected chi connectivity index (χ3v) is 2.30. The zero-order valence-corrected chi connectivity index (χ0v) is 8.92. The second kappa shape index (κ2) is 3.59. The molecule has 0 aliphatic carbocycles. The quantitative estimate of drug-likeness (QED) is 0.702. The summed E-state index contributed by atoms with van der Waals surface area (Å²) in [4.78, 5) is 8.08. The monoisotopic (exact) mass is 227 g/mol. The number of nitrogens with zero attached hydrogens (tertiary/aromatic N) is 3. The summed E-state index contributed by atoms with van der Waals surface area (Å²) in [6, 6.07) is 3.76. The Kier molecular flexibility index (Phi) is 2.44. The van der Waals surface area contributed by atoms with Crippen LogP contribution in [0.4, 0.5) is 0 Å². The van der Waals surface area contributed by atoms with Gasteiger partial charge in [-0.1, -0.05) is 23.2 Å². The average molecular weight is 228 g/mol. The van der Waals surface area contributed by atoms with E-state index >= 15 is 0 Å². The SMILES string of the molecule is Cc1nc(Cl)c(-n2cccc2)c(Cl)n1. The Balaban J connectivity index is 2.64. The van der Waals surface area contributed by atoms with Gasteiger partial charge in [-0.05, 0) is 19.1 Å². The van der Waals surface area contributed by atoms with Crippen molar-refractivity contribution in [2.75, 3.05) is 0 Å². The van der Waals surface area contributed by atoms with Gasteiger partial charge in [-0.25, -0.2) is 9.97 Å². The standard InChI is InChI=1S/C9H7Cl2N3/c1-6-12-8(10)7(9(11)13-6)14-4-2-3-5-14/h2-5H,1H3. The lowest BCUT2D eigenvalue weighted by molar-refractivity contribution is 0.982. The minimum atomic E-state index is 0.360. The van der Waals surface area contributed by atoms with Crippen LogP contribution in [-0.4, -0.2) is 14.5 Å². The molecule has 5 heteroatoms. The predicted octanol–water partition coefficient (Wildman–Crippen LogP) is 2.88. The van der Waals surface area contributed by atoms with E-state index in [2.05, 4.69) is 9.97 Å². The Hall–Kier alpha value is -1.06. The molecule has 14 heavy (non-hydrogen) atoms. The summed E-state index contributed by atoms with van der Waals surface area (Å²) < 4.78 is 1.78. The fourth-order valence-corrected chi connectivity index (χ4v) is 1.86. The third kappa shape index (κ3) is 1.61. The number of hydrogen-bond acceptors (Lipinski definition) is 2. The molecular formula is C9H7Cl2N3. The molecule has 0 bridgehead atoms. The summed E-state index contributed by atoms with van der Waals surface area (Å²) in [6.07, 6.45) is 3.68. The first-order valence-corrected chi connectivity index (χ1v) is 4.77. The van der Waals surface area contributed by atoms with Crippen LogP contribution in [-0.2, 0) is 0 Å². The second-order valence-corrected chi connectivity index (χ2v) is 3.51. The molecule has 2 rings (SSSR count). The van der Waals surface area contributed by atoms with Gasteiger partial charge in [0.1, 0.15) is 11.5 Å². The van der Waals surface area contributed by atoms with Crippen LogP contribution in [0.5, 0.6) is 0 Å². The molecular weight excluding hydrogens is 221 g/mol. The Morgan fingerprint density at radius 3 is 2.07 bits per heavy atom. The van der Waals surface area contributed by atoms with Crippen molar-refractivity contribution >= 4 is 23.2 Å². The topological polar surface area (TPSA) is 30.7 Å². The molecule has 0 atom stereocenters. The maximum atomic E-state index is 5.97. The first-order chi connectivity index (χ1) is 6.68. The maximum Gasteiger partial charge on any atom is 0.158 e. The Morgan fingerprint density at radius 1 is 1.07 bits per heavy atom. The molecule has 0 saturated carbocycles. The average Bonchev–Trinajstić information content (AvgIpc) is 2.54. The Labute approximate surface area is 91.3 Å². The molecule has 3 nitrogen and oxygen atoms in total. The van der Waals surface area contributed by atoms with Gasteiger partial charge in [-0.3, -0.25) is 0 Å². The van der Waals surface area contributed by atoms with Crippen molar-refractivity contribution in [2.45, 2.75) is 6.92 Å². The summed E-state index contributed by atoms with van der Waals surface area (Å²) in [5.41, 5.74) is 0.615. The highest BCUT2D eigenvalue weighted by Gasteiger charge is 2.10. The van der Waals surface area contributed by atoms with Gasteiger partial charge in [0.05, 0.1) is 0 Å². The number of hydrogen-bond donors (Lipinski definition) is 0. The summed E-state index contributed by atoms with van der Waals surface area (Å²) in [5, 5.41) is 0.720. The van der Waals surface area contributed by atoms with Crippen molar-refractivity contribution in [3.05, 3.63) is 40.7 Å². The fourth-order valence-electron chi connectivity index (χ4n) is 1.20. The van der Waals surface area contributed by atoms with Crippen LogP contribution in [0.2, 0.25) is 10.3 Å². The smallest absolute Gasteiger partial charge is 0.158 e. The van der Waals surface area contributed by atoms with Gasteiger partial charge >= 0.3 is 0 Å². The van der Waals surface area contributed by atoms with Gasteiger partial charge in [-0.15, -0.1) is 0 Å². The molecule has 0 unspecified atom stereocenters. The number of halogens is 2. The van der Waals surface area contributed by atoms with E-state index in [0.717, 1.165) is 0 Å². The van der Waals surface area contributed by atoms with E-state index in [1.165, 1.54) is 0 Å². The minimum Gasteiger partial charge on any atom is -0.319 e. The van der Waals surface area contributed by atoms with Crippen LogP contribution in [0.15, 0.2) is 24.5 Å². The van der Waals surface area contributed by atoms with Crippen LogP contribution in [0.3, 0.4) is 0 Å². The molecule has 0 radical (unpaired) electrons. The van der Waals surface area contributed by atoms with Gasteiger partial charge in [-0.2, -0.15) is 0 Å². The lowest BCUT2D eigenvalue weighted by Crippen LogP contribution is -1.99. The second-order valence-electron chi connectivity index (χ2n) is 2.79. The van der Waals surface area contributed by atoms with E-state index in [9.17, 15) is 0 Å². The van der Waals surface area contributed by atoms with Crippen molar-refractivity contribution in [3.8, 4) is 5.69 Å².